The molecule has 3 aromatic rings. The van der Waals surface area contributed by atoms with E-state index < -0.39 is 48.1 Å². The van der Waals surface area contributed by atoms with Gasteiger partial charge in [0.1, 0.15) is 23.8 Å². The van der Waals surface area contributed by atoms with Gasteiger partial charge < -0.3 is 20.1 Å². The Morgan fingerprint density at radius 1 is 0.977 bits per heavy atom. The third-order valence-corrected chi connectivity index (χ3v) is 7.91. The van der Waals surface area contributed by atoms with Crippen LogP contribution in [-0.4, -0.2) is 75.6 Å². The van der Waals surface area contributed by atoms with Crippen molar-refractivity contribution in [2.45, 2.75) is 63.1 Å². The molecule has 3 fully saturated rings. The number of hydrogen-bond acceptors (Lipinski definition) is 8. The number of esters is 1. The molecule has 3 saturated heterocycles. The van der Waals surface area contributed by atoms with E-state index in [0.29, 0.717) is 18.2 Å². The minimum absolute atomic E-state index is 0.0187. The highest BCUT2D eigenvalue weighted by Crippen LogP contribution is 2.27. The van der Waals surface area contributed by atoms with E-state index in [1.54, 1.807) is 18.2 Å². The molecule has 222 valence electrons. The fourth-order valence-electron chi connectivity index (χ4n) is 5.77. The van der Waals surface area contributed by atoms with E-state index in [1.165, 1.54) is 16.2 Å². The Balaban J connectivity index is 1.18. The van der Waals surface area contributed by atoms with Crippen molar-refractivity contribution in [3.05, 3.63) is 78.1 Å². The highest BCUT2D eigenvalue weighted by Gasteiger charge is 2.46. The lowest BCUT2D eigenvalue weighted by atomic mass is 10.0. The molecule has 4 unspecified atom stereocenters. The summed E-state index contributed by atoms with van der Waals surface area (Å²) >= 11 is 0. The molecule has 43 heavy (non-hydrogen) atoms. The fourth-order valence-corrected chi connectivity index (χ4v) is 5.77. The van der Waals surface area contributed by atoms with Gasteiger partial charge in [0, 0.05) is 24.5 Å². The van der Waals surface area contributed by atoms with Crippen LogP contribution in [0, 0.1) is 0 Å². The predicted octanol–water partition coefficient (Wildman–Crippen LogP) is 1.84. The Bertz CT molecular complexity index is 1560. The molecule has 2 aromatic carbocycles. The van der Waals surface area contributed by atoms with Gasteiger partial charge in [-0.3, -0.25) is 34.0 Å². The number of nitrogens with one attached hydrogen (secondary N) is 2. The molecule has 0 spiro atoms. The van der Waals surface area contributed by atoms with Gasteiger partial charge >= 0.3 is 5.97 Å². The van der Waals surface area contributed by atoms with E-state index in [2.05, 4.69) is 15.6 Å². The maximum Gasteiger partial charge on any atom is 0.310 e. The average Bonchev–Trinajstić information content (AvgIpc) is 3.33. The first-order valence-corrected chi connectivity index (χ1v) is 14.3. The molecule has 3 aliphatic rings. The van der Waals surface area contributed by atoms with Gasteiger partial charge in [0.25, 0.3) is 11.8 Å². The normalized spacial score (nSPS) is 23.9. The number of fused-ring (bicyclic) bond motifs is 2. The third-order valence-electron chi connectivity index (χ3n) is 7.91. The highest BCUT2D eigenvalue weighted by molar-refractivity contribution is 6.07. The Labute approximate surface area is 247 Å². The van der Waals surface area contributed by atoms with Crippen molar-refractivity contribution in [2.75, 3.05) is 6.54 Å². The van der Waals surface area contributed by atoms with Gasteiger partial charge in [-0.2, -0.15) is 0 Å². The number of benzene rings is 2. The summed E-state index contributed by atoms with van der Waals surface area (Å²) < 4.78 is 11.1. The Kier molecular flexibility index (Phi) is 8.01. The molecule has 2 N–H and O–H groups in total. The summed E-state index contributed by atoms with van der Waals surface area (Å²) in [6, 6.07) is 15.6. The van der Waals surface area contributed by atoms with Gasteiger partial charge in [-0.1, -0.05) is 54.6 Å². The molecule has 0 radical (unpaired) electrons. The second-order valence-electron chi connectivity index (χ2n) is 10.8. The van der Waals surface area contributed by atoms with Crippen LogP contribution >= 0.6 is 0 Å². The lowest BCUT2D eigenvalue weighted by molar-refractivity contribution is -0.177. The zero-order valence-corrected chi connectivity index (χ0v) is 23.3. The number of hydrogen-bond donors (Lipinski definition) is 2. The summed E-state index contributed by atoms with van der Waals surface area (Å²) in [4.78, 5) is 70.3. The van der Waals surface area contributed by atoms with Crippen LogP contribution in [-0.2, 0) is 35.3 Å². The summed E-state index contributed by atoms with van der Waals surface area (Å²) in [5, 5.41) is 9.51. The van der Waals surface area contributed by atoms with Crippen LogP contribution < -0.4 is 10.6 Å². The minimum atomic E-state index is -1.05. The first-order valence-electron chi connectivity index (χ1n) is 14.3. The van der Waals surface area contributed by atoms with E-state index in [9.17, 15) is 24.0 Å². The maximum absolute atomic E-state index is 13.9. The standard InChI is InChI=1S/C31H31N5O7/c37-25-13-12-22(33-29(40)27-21-10-5-4-9-20(21)14-15-32-27)30(41)36-24(11-6-16-35(25)36)28(39)34-23-17-26(38)43-31(23)42-18-19-7-2-1-3-8-19/h1-5,7-10,14-15,22-24,31H,6,11-13,16-18H2,(H,33,40)(H,34,39). The van der Waals surface area contributed by atoms with Gasteiger partial charge in [-0.15, -0.1) is 0 Å². The molecule has 4 heterocycles. The molecule has 3 aliphatic heterocycles. The Hall–Kier alpha value is -4.84. The number of carbonyl (C=O) groups excluding carboxylic acids is 5. The molecular formula is C31H31N5O7. The number of aromatic nitrogens is 1. The Morgan fingerprint density at radius 2 is 1.77 bits per heavy atom. The van der Waals surface area contributed by atoms with E-state index in [-0.39, 0.29) is 44.0 Å². The summed E-state index contributed by atoms with van der Waals surface area (Å²) in [6.45, 7) is 0.447. The number of pyridine rings is 1. The molecule has 0 bridgehead atoms. The topological polar surface area (TPSA) is 147 Å². The maximum atomic E-state index is 13.9. The quantitative estimate of drug-likeness (QED) is 0.400. The lowest BCUT2D eigenvalue weighted by Gasteiger charge is -2.43. The molecule has 0 aliphatic carbocycles. The summed E-state index contributed by atoms with van der Waals surface area (Å²) in [7, 11) is 0. The largest absolute Gasteiger partial charge is 0.433 e. The molecule has 6 rings (SSSR count). The van der Waals surface area contributed by atoms with Crippen LogP contribution in [0.15, 0.2) is 66.9 Å². The molecule has 0 saturated carbocycles. The number of carbonyl (C=O) groups is 5. The number of ether oxygens (including phenoxy) is 2. The van der Waals surface area contributed by atoms with Crippen molar-refractivity contribution in [1.29, 1.82) is 0 Å². The van der Waals surface area contributed by atoms with Crippen LogP contribution in [0.4, 0.5) is 0 Å². The lowest BCUT2D eigenvalue weighted by Crippen LogP contribution is -2.64. The van der Waals surface area contributed by atoms with E-state index in [1.807, 2.05) is 42.5 Å². The van der Waals surface area contributed by atoms with Gasteiger partial charge in [0.2, 0.25) is 18.1 Å². The van der Waals surface area contributed by atoms with Crippen LogP contribution in [0.25, 0.3) is 10.8 Å². The van der Waals surface area contributed by atoms with Crippen molar-refractivity contribution < 1.29 is 33.4 Å². The van der Waals surface area contributed by atoms with Crippen molar-refractivity contribution in [2.24, 2.45) is 0 Å². The third kappa shape index (κ3) is 5.91. The predicted molar refractivity (Wildman–Crippen MR) is 151 cm³/mol. The first kappa shape index (κ1) is 28.3. The fraction of sp³-hybridized carbons (Fsp3) is 0.355. The second-order valence-corrected chi connectivity index (χ2v) is 10.8. The van der Waals surface area contributed by atoms with Crippen LogP contribution in [0.5, 0.6) is 0 Å². The van der Waals surface area contributed by atoms with Crippen molar-refractivity contribution in [3.8, 4) is 0 Å². The minimum Gasteiger partial charge on any atom is -0.433 e. The number of nitrogens with zero attached hydrogens (tertiary/aromatic N) is 3. The summed E-state index contributed by atoms with van der Waals surface area (Å²) in [6.07, 6.45) is 1.32. The van der Waals surface area contributed by atoms with Gasteiger partial charge in [0.15, 0.2) is 0 Å². The monoisotopic (exact) mass is 585 g/mol. The number of hydrazine groups is 1. The molecule has 12 nitrogen and oxygen atoms in total. The van der Waals surface area contributed by atoms with Crippen LogP contribution in [0.2, 0.25) is 0 Å². The smallest absolute Gasteiger partial charge is 0.310 e. The summed E-state index contributed by atoms with van der Waals surface area (Å²) in [5.41, 5.74) is 1.04. The second kappa shape index (κ2) is 12.2. The van der Waals surface area contributed by atoms with E-state index in [0.717, 1.165) is 10.9 Å². The van der Waals surface area contributed by atoms with Crippen molar-refractivity contribution in [1.82, 2.24) is 25.6 Å². The van der Waals surface area contributed by atoms with Gasteiger partial charge in [0.05, 0.1) is 13.0 Å². The van der Waals surface area contributed by atoms with Crippen LogP contribution in [0.3, 0.4) is 0 Å². The highest BCUT2D eigenvalue weighted by atomic mass is 16.7. The summed E-state index contributed by atoms with van der Waals surface area (Å²) in [5.74, 6) is -2.47. The zero-order valence-electron chi connectivity index (χ0n) is 23.3. The first-order chi connectivity index (χ1) is 20.9. The SMILES string of the molecule is O=C1CC(NC(=O)C2CCCN3C(=O)CCC(NC(=O)c4nccc5ccccc45)C(=O)N23)C(OCc2ccccc2)O1. The van der Waals surface area contributed by atoms with Gasteiger partial charge in [-0.25, -0.2) is 5.01 Å². The van der Waals surface area contributed by atoms with Crippen molar-refractivity contribution >= 4 is 40.4 Å². The average molecular weight is 586 g/mol. The molecule has 4 amide bonds. The number of rotatable bonds is 7. The molecular weight excluding hydrogens is 554 g/mol. The van der Waals surface area contributed by atoms with Gasteiger partial charge in [-0.05, 0) is 36.3 Å². The number of amides is 4. The van der Waals surface area contributed by atoms with E-state index in [4.69, 9.17) is 9.47 Å². The molecule has 1 aromatic heterocycles. The Morgan fingerprint density at radius 3 is 2.60 bits per heavy atom. The number of cyclic esters (lactones) is 1. The molecule has 4 atom stereocenters. The zero-order chi connectivity index (χ0) is 29.9. The molecule has 12 heteroatoms. The van der Waals surface area contributed by atoms with Crippen molar-refractivity contribution in [3.63, 3.8) is 0 Å². The van der Waals surface area contributed by atoms with Crippen LogP contribution in [0.1, 0.15) is 48.2 Å². The van der Waals surface area contributed by atoms with E-state index >= 15 is 0 Å².